The van der Waals surface area contributed by atoms with Crippen LogP contribution >= 0.6 is 0 Å². The molecule has 0 aromatic heterocycles. The number of hydrogen-bond acceptors (Lipinski definition) is 5. The van der Waals surface area contributed by atoms with Crippen LogP contribution in [0.1, 0.15) is 50.7 Å². The van der Waals surface area contributed by atoms with Crippen molar-refractivity contribution in [2.45, 2.75) is 51.1 Å². The van der Waals surface area contributed by atoms with Gasteiger partial charge in [0.05, 0.1) is 13.0 Å². The van der Waals surface area contributed by atoms with Crippen LogP contribution in [-0.4, -0.2) is 66.4 Å². The smallest absolute Gasteiger partial charge is 0.408 e. The molecule has 1 aliphatic rings. The number of nitrogens with one attached hydrogen (secondary N) is 1. The van der Waals surface area contributed by atoms with Gasteiger partial charge in [0.15, 0.2) is 0 Å². The number of carbonyl (C=O) groups is 3. The van der Waals surface area contributed by atoms with Gasteiger partial charge in [-0.1, -0.05) is 55.5 Å². The zero-order valence-corrected chi connectivity index (χ0v) is 20.7. The molecule has 8 heteroatoms. The molecule has 0 heterocycles. The van der Waals surface area contributed by atoms with Crippen molar-refractivity contribution < 1.29 is 29.0 Å². The Morgan fingerprint density at radius 3 is 2.11 bits per heavy atom. The highest BCUT2D eigenvalue weighted by molar-refractivity contribution is 5.91. The number of carboxylic acid groups (broad SMARTS) is 1. The number of hydrogen-bond donors (Lipinski definition) is 2. The lowest BCUT2D eigenvalue weighted by molar-refractivity contribution is -0.145. The number of carbonyl (C=O) groups excluding carboxylic acids is 2. The molecular weight excluding hydrogens is 448 g/mol. The Balaban J connectivity index is 1.77. The predicted octanol–water partition coefficient (Wildman–Crippen LogP) is 4.03. The van der Waals surface area contributed by atoms with E-state index in [0.717, 1.165) is 22.3 Å². The lowest BCUT2D eigenvalue weighted by atomic mass is 9.94. The van der Waals surface area contributed by atoms with E-state index in [9.17, 15) is 19.5 Å². The number of nitrogens with zero attached hydrogens (tertiary/aromatic N) is 1. The molecule has 0 radical (unpaired) electrons. The summed E-state index contributed by atoms with van der Waals surface area (Å²) in [6.07, 6.45) is -0.668. The first-order chi connectivity index (χ1) is 16.8. The molecule has 2 amide bonds. The van der Waals surface area contributed by atoms with Crippen LogP contribution in [0.3, 0.4) is 0 Å². The summed E-state index contributed by atoms with van der Waals surface area (Å²) in [5.41, 5.74) is 3.06. The molecule has 0 aliphatic heterocycles. The van der Waals surface area contributed by atoms with Crippen LogP contribution in [0.4, 0.5) is 4.79 Å². The van der Waals surface area contributed by atoms with Crippen LogP contribution in [0.5, 0.6) is 0 Å². The summed E-state index contributed by atoms with van der Waals surface area (Å²) in [5.74, 6) is -1.50. The van der Waals surface area contributed by atoms with E-state index in [0.29, 0.717) is 6.54 Å². The summed E-state index contributed by atoms with van der Waals surface area (Å²) in [6.45, 7) is 5.57. The molecule has 1 aliphatic carbocycles. The highest BCUT2D eigenvalue weighted by atomic mass is 16.5. The highest BCUT2D eigenvalue weighted by Crippen LogP contribution is 2.44. The van der Waals surface area contributed by atoms with Crippen molar-refractivity contribution in [2.75, 3.05) is 26.9 Å². The fraction of sp³-hybridized carbons (Fsp3) is 0.444. The monoisotopic (exact) mass is 482 g/mol. The maximum atomic E-state index is 13.5. The number of ether oxygens (including phenoxy) is 2. The number of fused-ring (bicyclic) bond motifs is 3. The SMILES string of the molecule is CCN(C(=O)C(CC)(COC)NC(=O)OCC1c2ccccc2-c2ccccc21)C(C)CC(=O)O. The molecule has 0 saturated heterocycles. The second-order valence-electron chi connectivity index (χ2n) is 8.86. The van der Waals surface area contributed by atoms with E-state index in [-0.39, 0.29) is 32.0 Å². The quantitative estimate of drug-likeness (QED) is 0.501. The average molecular weight is 483 g/mol. The number of carboxylic acids is 1. The zero-order chi connectivity index (χ0) is 25.6. The van der Waals surface area contributed by atoms with Crippen molar-refractivity contribution >= 4 is 18.0 Å². The van der Waals surface area contributed by atoms with Crippen molar-refractivity contribution in [3.8, 4) is 11.1 Å². The maximum absolute atomic E-state index is 13.5. The number of rotatable bonds is 11. The van der Waals surface area contributed by atoms with Gasteiger partial charge in [-0.3, -0.25) is 9.59 Å². The van der Waals surface area contributed by atoms with Crippen molar-refractivity contribution in [3.63, 3.8) is 0 Å². The maximum Gasteiger partial charge on any atom is 0.408 e. The highest BCUT2D eigenvalue weighted by Gasteiger charge is 2.43. The number of alkyl carbamates (subject to hydrolysis) is 1. The van der Waals surface area contributed by atoms with Gasteiger partial charge in [0.2, 0.25) is 0 Å². The van der Waals surface area contributed by atoms with Crippen LogP contribution in [0.2, 0.25) is 0 Å². The third-order valence-electron chi connectivity index (χ3n) is 6.69. The normalized spacial score (nSPS) is 14.9. The van der Waals surface area contributed by atoms with E-state index in [1.54, 1.807) is 20.8 Å². The fourth-order valence-corrected chi connectivity index (χ4v) is 4.86. The molecule has 8 nitrogen and oxygen atoms in total. The van der Waals surface area contributed by atoms with Crippen LogP contribution < -0.4 is 5.32 Å². The van der Waals surface area contributed by atoms with Gasteiger partial charge < -0.3 is 24.8 Å². The van der Waals surface area contributed by atoms with E-state index in [1.165, 1.54) is 12.0 Å². The minimum absolute atomic E-state index is 0.0666. The molecule has 2 N–H and O–H groups in total. The Morgan fingerprint density at radius 2 is 1.63 bits per heavy atom. The lowest BCUT2D eigenvalue weighted by Gasteiger charge is -2.38. The van der Waals surface area contributed by atoms with Gasteiger partial charge in [-0.15, -0.1) is 0 Å². The number of amides is 2. The first-order valence-corrected chi connectivity index (χ1v) is 11.9. The summed E-state index contributed by atoms with van der Waals surface area (Å²) in [5, 5.41) is 11.9. The molecule has 0 spiro atoms. The van der Waals surface area contributed by atoms with Gasteiger partial charge in [0.1, 0.15) is 12.1 Å². The Hall–Kier alpha value is -3.39. The molecule has 2 aromatic carbocycles. The van der Waals surface area contributed by atoms with Gasteiger partial charge in [0.25, 0.3) is 5.91 Å². The molecule has 188 valence electrons. The standard InChI is InChI=1S/C27H34N2O6/c1-5-27(17-34-4,25(32)29(6-2)18(3)15-24(30)31)28-26(33)35-16-23-21-13-9-7-11-19(21)20-12-8-10-14-22(20)23/h7-14,18,23H,5-6,15-17H2,1-4H3,(H,28,33)(H,30,31). The van der Waals surface area contributed by atoms with Crippen LogP contribution in [-0.2, 0) is 19.1 Å². The minimum Gasteiger partial charge on any atom is -0.481 e. The summed E-state index contributed by atoms with van der Waals surface area (Å²) >= 11 is 0. The average Bonchev–Trinajstić information content (AvgIpc) is 3.16. The van der Waals surface area contributed by atoms with E-state index in [4.69, 9.17) is 9.47 Å². The molecular formula is C27H34N2O6. The fourth-order valence-electron chi connectivity index (χ4n) is 4.86. The van der Waals surface area contributed by atoms with E-state index >= 15 is 0 Å². The van der Waals surface area contributed by atoms with Crippen LogP contribution in [0.25, 0.3) is 11.1 Å². The van der Waals surface area contributed by atoms with Crippen molar-refractivity contribution in [2.24, 2.45) is 0 Å². The van der Waals surface area contributed by atoms with Crippen molar-refractivity contribution in [3.05, 3.63) is 59.7 Å². The Labute approximate surface area is 206 Å². The Kier molecular flexibility index (Phi) is 8.51. The molecule has 35 heavy (non-hydrogen) atoms. The lowest BCUT2D eigenvalue weighted by Crippen LogP contribution is -2.63. The summed E-state index contributed by atoms with van der Waals surface area (Å²) in [7, 11) is 1.45. The third kappa shape index (κ3) is 5.48. The predicted molar refractivity (Wildman–Crippen MR) is 132 cm³/mol. The summed E-state index contributed by atoms with van der Waals surface area (Å²) in [6, 6.07) is 15.6. The second kappa shape index (κ2) is 11.4. The molecule has 0 saturated carbocycles. The first-order valence-electron chi connectivity index (χ1n) is 11.9. The summed E-state index contributed by atoms with van der Waals surface area (Å²) in [4.78, 5) is 39.2. The van der Waals surface area contributed by atoms with Crippen molar-refractivity contribution in [1.29, 1.82) is 0 Å². The van der Waals surface area contributed by atoms with Crippen LogP contribution in [0.15, 0.2) is 48.5 Å². The van der Waals surface area contributed by atoms with Gasteiger partial charge >= 0.3 is 12.1 Å². The number of aliphatic carboxylic acids is 1. The minimum atomic E-state index is -1.37. The first kappa shape index (κ1) is 26.2. The number of methoxy groups -OCH3 is 1. The molecule has 3 rings (SSSR count). The van der Waals surface area contributed by atoms with Gasteiger partial charge in [-0.2, -0.15) is 0 Å². The number of benzene rings is 2. The largest absolute Gasteiger partial charge is 0.481 e. The van der Waals surface area contributed by atoms with E-state index in [2.05, 4.69) is 17.4 Å². The summed E-state index contributed by atoms with van der Waals surface area (Å²) < 4.78 is 11.0. The van der Waals surface area contributed by atoms with Crippen LogP contribution in [0, 0.1) is 0 Å². The molecule has 2 atom stereocenters. The van der Waals surface area contributed by atoms with Gasteiger partial charge in [-0.05, 0) is 42.5 Å². The molecule has 2 unspecified atom stereocenters. The van der Waals surface area contributed by atoms with Gasteiger partial charge in [0, 0.05) is 25.6 Å². The molecule has 0 bridgehead atoms. The topological polar surface area (TPSA) is 105 Å². The van der Waals surface area contributed by atoms with Gasteiger partial charge in [-0.25, -0.2) is 4.79 Å². The third-order valence-corrected chi connectivity index (χ3v) is 6.69. The Bertz CT molecular complexity index is 1030. The number of likely N-dealkylation sites (N-methyl/N-ethyl adjacent to an activating group) is 1. The van der Waals surface area contributed by atoms with E-state index < -0.39 is 29.6 Å². The van der Waals surface area contributed by atoms with Crippen molar-refractivity contribution in [1.82, 2.24) is 10.2 Å². The second-order valence-corrected chi connectivity index (χ2v) is 8.86. The van der Waals surface area contributed by atoms with E-state index in [1.807, 2.05) is 36.4 Å². The zero-order valence-electron chi connectivity index (χ0n) is 20.7. The molecule has 0 fully saturated rings. The Morgan fingerprint density at radius 1 is 1.06 bits per heavy atom. The molecule has 2 aromatic rings.